The maximum absolute atomic E-state index is 12.5. The Morgan fingerprint density at radius 2 is 1.85 bits per heavy atom. The molecule has 0 fully saturated rings. The number of benzene rings is 1. The number of nitrogens with one attached hydrogen (secondary N) is 2. The van der Waals surface area contributed by atoms with Gasteiger partial charge in [0, 0.05) is 20.0 Å². The van der Waals surface area contributed by atoms with Gasteiger partial charge in [-0.15, -0.1) is 0 Å². The Morgan fingerprint density at radius 3 is 2.40 bits per heavy atom. The van der Waals surface area contributed by atoms with Crippen molar-refractivity contribution in [3.63, 3.8) is 0 Å². The minimum Gasteiger partial charge on any atom is -0.383 e. The number of rotatable bonds is 5. The number of carbonyl (C=O) groups excluding carboxylic acids is 1. The number of carbonyl (C=O) groups is 1. The number of anilines is 1. The van der Waals surface area contributed by atoms with Crippen molar-refractivity contribution in [3.05, 3.63) is 24.3 Å². The Morgan fingerprint density at radius 1 is 1.25 bits per heavy atom. The third-order valence-electron chi connectivity index (χ3n) is 2.43. The Kier molecular flexibility index (Phi) is 4.98. The molecule has 1 aromatic rings. The Labute approximate surface area is 114 Å². The van der Waals surface area contributed by atoms with Crippen LogP contribution in [0.3, 0.4) is 0 Å². The molecule has 1 aromatic carbocycles. The van der Waals surface area contributed by atoms with Gasteiger partial charge >= 0.3 is 5.51 Å². The van der Waals surface area contributed by atoms with Crippen LogP contribution in [0.15, 0.2) is 29.2 Å². The maximum atomic E-state index is 12.5. The zero-order chi connectivity index (χ0) is 15.4. The van der Waals surface area contributed by atoms with Gasteiger partial charge in [0.1, 0.15) is 0 Å². The normalized spacial score (nSPS) is 12.0. The zero-order valence-corrected chi connectivity index (χ0v) is 11.3. The number of hydrogen-bond acceptors (Lipinski definition) is 4. The number of hydrogen-bond donors (Lipinski definition) is 2. The van der Waals surface area contributed by atoms with Gasteiger partial charge in [-0.2, -0.15) is 13.2 Å². The summed E-state index contributed by atoms with van der Waals surface area (Å²) >= 11 is 0. The SMILES string of the molecule is CNC(=O)CCNc1ccccc1S(=O)(=O)C(F)(F)F. The molecule has 2 N–H and O–H groups in total. The minimum atomic E-state index is -5.43. The van der Waals surface area contributed by atoms with Crippen LogP contribution in [0.5, 0.6) is 0 Å². The highest BCUT2D eigenvalue weighted by atomic mass is 32.2. The lowest BCUT2D eigenvalue weighted by Gasteiger charge is -2.13. The van der Waals surface area contributed by atoms with E-state index in [1.807, 2.05) is 0 Å². The molecule has 0 unspecified atom stereocenters. The van der Waals surface area contributed by atoms with Crippen molar-refractivity contribution in [2.45, 2.75) is 16.8 Å². The Balaban J connectivity index is 2.98. The molecule has 0 aliphatic rings. The molecule has 9 heteroatoms. The van der Waals surface area contributed by atoms with Crippen LogP contribution in [0.4, 0.5) is 18.9 Å². The van der Waals surface area contributed by atoms with Gasteiger partial charge in [0.2, 0.25) is 5.91 Å². The van der Waals surface area contributed by atoms with Gasteiger partial charge in [0.15, 0.2) is 0 Å². The van der Waals surface area contributed by atoms with Gasteiger partial charge in [-0.05, 0) is 12.1 Å². The smallest absolute Gasteiger partial charge is 0.383 e. The molecular weight excluding hydrogens is 297 g/mol. The summed E-state index contributed by atoms with van der Waals surface area (Å²) in [6.07, 6.45) is 0.0108. The van der Waals surface area contributed by atoms with E-state index in [0.29, 0.717) is 0 Å². The van der Waals surface area contributed by atoms with E-state index in [4.69, 9.17) is 0 Å². The summed E-state index contributed by atoms with van der Waals surface area (Å²) in [5.74, 6) is -0.311. The Bertz CT molecular complexity index is 585. The van der Waals surface area contributed by atoms with E-state index in [9.17, 15) is 26.4 Å². The van der Waals surface area contributed by atoms with Gasteiger partial charge < -0.3 is 10.6 Å². The van der Waals surface area contributed by atoms with Crippen molar-refractivity contribution in [1.29, 1.82) is 0 Å². The molecule has 0 saturated carbocycles. The average Bonchev–Trinajstić information content (AvgIpc) is 2.37. The van der Waals surface area contributed by atoms with E-state index in [0.717, 1.165) is 6.07 Å². The van der Waals surface area contributed by atoms with Crippen LogP contribution < -0.4 is 10.6 Å². The van der Waals surface area contributed by atoms with Crippen molar-refractivity contribution < 1.29 is 26.4 Å². The van der Waals surface area contributed by atoms with E-state index >= 15 is 0 Å². The van der Waals surface area contributed by atoms with Crippen molar-refractivity contribution in [2.24, 2.45) is 0 Å². The molecule has 0 aliphatic heterocycles. The summed E-state index contributed by atoms with van der Waals surface area (Å²) < 4.78 is 60.3. The third-order valence-corrected chi connectivity index (χ3v) is 3.97. The molecule has 1 rings (SSSR count). The largest absolute Gasteiger partial charge is 0.501 e. The number of amides is 1. The van der Waals surface area contributed by atoms with E-state index in [1.165, 1.54) is 25.2 Å². The highest BCUT2D eigenvalue weighted by Gasteiger charge is 2.47. The van der Waals surface area contributed by atoms with Crippen LogP contribution in [0, 0.1) is 0 Å². The number of para-hydroxylation sites is 1. The van der Waals surface area contributed by atoms with Gasteiger partial charge in [-0.25, -0.2) is 8.42 Å². The van der Waals surface area contributed by atoms with Gasteiger partial charge in [-0.3, -0.25) is 4.79 Å². The molecule has 0 radical (unpaired) electrons. The average molecular weight is 310 g/mol. The third kappa shape index (κ3) is 3.62. The van der Waals surface area contributed by atoms with Crippen molar-refractivity contribution in [3.8, 4) is 0 Å². The van der Waals surface area contributed by atoms with E-state index < -0.39 is 20.2 Å². The minimum absolute atomic E-state index is 0.0108. The number of alkyl halides is 3. The molecule has 0 atom stereocenters. The lowest BCUT2D eigenvalue weighted by molar-refractivity contribution is -0.120. The van der Waals surface area contributed by atoms with Crippen LogP contribution in [0.25, 0.3) is 0 Å². The predicted octanol–water partition coefficient (Wildman–Crippen LogP) is 1.53. The van der Waals surface area contributed by atoms with Gasteiger partial charge in [0.25, 0.3) is 9.84 Å². The van der Waals surface area contributed by atoms with Crippen LogP contribution in [0.2, 0.25) is 0 Å². The van der Waals surface area contributed by atoms with Crippen molar-refractivity contribution >= 4 is 21.4 Å². The fraction of sp³-hybridized carbons (Fsp3) is 0.364. The van der Waals surface area contributed by atoms with Crippen molar-refractivity contribution in [2.75, 3.05) is 18.9 Å². The first-order chi connectivity index (χ1) is 9.20. The van der Waals surface area contributed by atoms with Crippen LogP contribution >= 0.6 is 0 Å². The fourth-order valence-corrected chi connectivity index (χ4v) is 2.34. The topological polar surface area (TPSA) is 75.3 Å². The summed E-state index contributed by atoms with van der Waals surface area (Å²) in [5.41, 5.74) is -5.56. The molecule has 112 valence electrons. The molecule has 0 bridgehead atoms. The second kappa shape index (κ2) is 6.12. The van der Waals surface area contributed by atoms with Crippen LogP contribution in [0.1, 0.15) is 6.42 Å². The highest BCUT2D eigenvalue weighted by molar-refractivity contribution is 7.92. The highest BCUT2D eigenvalue weighted by Crippen LogP contribution is 2.34. The standard InChI is InChI=1S/C11H13F3N2O3S/c1-15-10(17)6-7-16-8-4-2-3-5-9(8)20(18,19)11(12,13)14/h2-5,16H,6-7H2,1H3,(H,15,17). The van der Waals surface area contributed by atoms with E-state index in [-0.39, 0.29) is 24.6 Å². The monoisotopic (exact) mass is 310 g/mol. The molecule has 0 aliphatic carbocycles. The summed E-state index contributed by atoms with van der Waals surface area (Å²) in [5, 5.41) is 4.86. The first-order valence-electron chi connectivity index (χ1n) is 5.55. The lowest BCUT2D eigenvalue weighted by Crippen LogP contribution is -2.25. The van der Waals surface area contributed by atoms with Crippen LogP contribution in [-0.4, -0.2) is 33.4 Å². The first kappa shape index (κ1) is 16.3. The van der Waals surface area contributed by atoms with Crippen molar-refractivity contribution in [1.82, 2.24) is 5.32 Å². The van der Waals surface area contributed by atoms with Crippen LogP contribution in [-0.2, 0) is 14.6 Å². The zero-order valence-electron chi connectivity index (χ0n) is 10.5. The Hall–Kier alpha value is -1.77. The van der Waals surface area contributed by atoms with Gasteiger partial charge in [-0.1, -0.05) is 12.1 Å². The molecule has 5 nitrogen and oxygen atoms in total. The maximum Gasteiger partial charge on any atom is 0.501 e. The lowest BCUT2D eigenvalue weighted by atomic mass is 10.3. The molecule has 0 saturated heterocycles. The summed E-state index contributed by atoms with van der Waals surface area (Å²) in [6.45, 7) is 0.0179. The molecule has 0 spiro atoms. The summed E-state index contributed by atoms with van der Waals surface area (Å²) in [4.78, 5) is 10.1. The number of sulfone groups is 1. The second-order valence-corrected chi connectivity index (χ2v) is 5.70. The van der Waals surface area contributed by atoms with E-state index in [2.05, 4.69) is 10.6 Å². The number of halogens is 3. The molecular formula is C11H13F3N2O3S. The van der Waals surface area contributed by atoms with E-state index in [1.54, 1.807) is 0 Å². The summed E-state index contributed by atoms with van der Waals surface area (Å²) in [7, 11) is -4.01. The molecule has 0 heterocycles. The summed E-state index contributed by atoms with van der Waals surface area (Å²) in [6, 6.07) is 4.67. The first-order valence-corrected chi connectivity index (χ1v) is 7.03. The predicted molar refractivity (Wildman–Crippen MR) is 66.9 cm³/mol. The fourth-order valence-electron chi connectivity index (χ4n) is 1.41. The quantitative estimate of drug-likeness (QED) is 0.865. The molecule has 0 aromatic heterocycles. The molecule has 20 heavy (non-hydrogen) atoms. The second-order valence-electron chi connectivity index (χ2n) is 3.80. The van der Waals surface area contributed by atoms with Gasteiger partial charge in [0.05, 0.1) is 10.6 Å². The molecule has 1 amide bonds.